The van der Waals surface area contributed by atoms with Crippen molar-refractivity contribution in [1.82, 2.24) is 9.21 Å². The second kappa shape index (κ2) is 7.96. The summed E-state index contributed by atoms with van der Waals surface area (Å²) in [5.41, 5.74) is -1.62. The van der Waals surface area contributed by atoms with E-state index in [2.05, 4.69) is 0 Å². The van der Waals surface area contributed by atoms with E-state index in [1.807, 2.05) is 0 Å². The number of piperidine rings is 1. The number of hydrogen-bond acceptors (Lipinski definition) is 4. The monoisotopic (exact) mass is 424 g/mol. The Morgan fingerprint density at radius 3 is 2.25 bits per heavy atom. The van der Waals surface area contributed by atoms with Gasteiger partial charge in [-0.05, 0) is 31.0 Å². The van der Waals surface area contributed by atoms with Crippen molar-refractivity contribution in [3.8, 4) is 0 Å². The van der Waals surface area contributed by atoms with Crippen LogP contribution in [0.5, 0.6) is 0 Å². The van der Waals surface area contributed by atoms with E-state index in [1.54, 1.807) is 4.90 Å². The topological polar surface area (TPSA) is 66.9 Å². The highest BCUT2D eigenvalue weighted by molar-refractivity contribution is 7.89. The maximum Gasteiger partial charge on any atom is 0.419 e. The van der Waals surface area contributed by atoms with E-state index in [1.165, 1.54) is 0 Å². The molecule has 2 saturated heterocycles. The zero-order valence-electron chi connectivity index (χ0n) is 14.9. The third kappa shape index (κ3) is 4.31. The smallest absolute Gasteiger partial charge is 0.378 e. The fourth-order valence-electron chi connectivity index (χ4n) is 3.42. The Morgan fingerprint density at radius 1 is 1.07 bits per heavy atom. The predicted octanol–water partition coefficient (Wildman–Crippen LogP) is 2.10. The van der Waals surface area contributed by atoms with Gasteiger partial charge >= 0.3 is 6.18 Å². The number of carbonyl (C=O) groups excluding carboxylic acids is 1. The van der Waals surface area contributed by atoms with Crippen molar-refractivity contribution in [2.24, 2.45) is 5.92 Å². The summed E-state index contributed by atoms with van der Waals surface area (Å²) < 4.78 is 83.7. The van der Waals surface area contributed by atoms with Crippen LogP contribution >= 0.6 is 0 Å². The Labute approximate surface area is 160 Å². The third-order valence-corrected chi connectivity index (χ3v) is 6.90. The Hall–Kier alpha value is -1.72. The fraction of sp³-hybridized carbons (Fsp3) is 0.588. The van der Waals surface area contributed by atoms with Gasteiger partial charge in [0.2, 0.25) is 15.9 Å². The molecule has 3 rings (SSSR count). The fourth-order valence-corrected chi connectivity index (χ4v) is 4.91. The van der Waals surface area contributed by atoms with Crippen LogP contribution in [0, 0.1) is 11.7 Å². The molecule has 1 aromatic rings. The predicted molar refractivity (Wildman–Crippen MR) is 90.3 cm³/mol. The van der Waals surface area contributed by atoms with E-state index >= 15 is 0 Å². The van der Waals surface area contributed by atoms with Crippen LogP contribution in [-0.4, -0.2) is 62.9 Å². The molecule has 0 bridgehead atoms. The number of hydrogen-bond donors (Lipinski definition) is 0. The van der Waals surface area contributed by atoms with E-state index in [0.29, 0.717) is 38.4 Å². The molecule has 0 saturated carbocycles. The maximum atomic E-state index is 13.4. The summed E-state index contributed by atoms with van der Waals surface area (Å²) in [4.78, 5) is 13.6. The minimum atomic E-state index is -4.99. The molecule has 0 aromatic heterocycles. The van der Waals surface area contributed by atoms with Crippen molar-refractivity contribution in [2.45, 2.75) is 23.9 Å². The number of carbonyl (C=O) groups is 1. The first-order valence-electron chi connectivity index (χ1n) is 8.84. The molecule has 0 N–H and O–H groups in total. The van der Waals surface area contributed by atoms with Crippen molar-refractivity contribution in [2.75, 3.05) is 39.4 Å². The van der Waals surface area contributed by atoms with E-state index in [9.17, 15) is 30.8 Å². The van der Waals surface area contributed by atoms with Crippen LogP contribution in [0.3, 0.4) is 0 Å². The van der Waals surface area contributed by atoms with Gasteiger partial charge in [0.25, 0.3) is 0 Å². The minimum absolute atomic E-state index is 0.0157. The molecule has 2 aliphatic heterocycles. The number of morpholine rings is 1. The molecule has 0 spiro atoms. The summed E-state index contributed by atoms with van der Waals surface area (Å²) >= 11 is 0. The van der Waals surface area contributed by atoms with Crippen LogP contribution in [0.15, 0.2) is 23.1 Å². The lowest BCUT2D eigenvalue weighted by molar-refractivity contribution is -0.141. The number of nitrogens with zero attached hydrogens (tertiary/aromatic N) is 2. The van der Waals surface area contributed by atoms with Crippen LogP contribution < -0.4 is 0 Å². The van der Waals surface area contributed by atoms with Gasteiger partial charge in [-0.3, -0.25) is 4.79 Å². The molecule has 0 atom stereocenters. The summed E-state index contributed by atoms with van der Waals surface area (Å²) in [5.74, 6) is -1.91. The van der Waals surface area contributed by atoms with Crippen LogP contribution in [0.1, 0.15) is 18.4 Å². The zero-order chi connectivity index (χ0) is 20.5. The molecule has 0 unspecified atom stereocenters. The van der Waals surface area contributed by atoms with E-state index in [0.717, 1.165) is 10.4 Å². The average Bonchev–Trinajstić information content (AvgIpc) is 2.67. The summed E-state index contributed by atoms with van der Waals surface area (Å²) in [6.07, 6.45) is -4.43. The number of alkyl halides is 3. The van der Waals surface area contributed by atoms with Crippen LogP contribution in [0.2, 0.25) is 0 Å². The summed E-state index contributed by atoms with van der Waals surface area (Å²) in [7, 11) is -4.21. The van der Waals surface area contributed by atoms with Gasteiger partial charge in [0.05, 0.1) is 23.7 Å². The van der Waals surface area contributed by atoms with Crippen molar-refractivity contribution >= 4 is 15.9 Å². The summed E-state index contributed by atoms with van der Waals surface area (Å²) in [6, 6.07) is 1.64. The average molecular weight is 424 g/mol. The third-order valence-electron chi connectivity index (χ3n) is 5.01. The Bertz CT molecular complexity index is 830. The highest BCUT2D eigenvalue weighted by atomic mass is 32.2. The van der Waals surface area contributed by atoms with E-state index in [4.69, 9.17) is 4.74 Å². The van der Waals surface area contributed by atoms with Gasteiger partial charge in [-0.15, -0.1) is 0 Å². The lowest BCUT2D eigenvalue weighted by atomic mass is 9.96. The highest BCUT2D eigenvalue weighted by Crippen LogP contribution is 2.34. The molecule has 6 nitrogen and oxygen atoms in total. The lowest BCUT2D eigenvalue weighted by Gasteiger charge is -2.35. The van der Waals surface area contributed by atoms with Crippen LogP contribution in [0.4, 0.5) is 17.6 Å². The Kier molecular flexibility index (Phi) is 5.97. The summed E-state index contributed by atoms with van der Waals surface area (Å²) in [6.45, 7) is 1.94. The van der Waals surface area contributed by atoms with Gasteiger partial charge in [0.1, 0.15) is 5.82 Å². The number of halogens is 4. The highest BCUT2D eigenvalue weighted by Gasteiger charge is 2.38. The SMILES string of the molecule is O=C(C1CCN(S(=O)(=O)c2ccc(F)c(C(F)(F)F)c2)CC1)N1CCOCC1. The molecule has 2 fully saturated rings. The molecule has 0 radical (unpaired) electrons. The maximum absolute atomic E-state index is 13.4. The molecular weight excluding hydrogens is 404 g/mol. The summed E-state index contributed by atoms with van der Waals surface area (Å²) in [5, 5.41) is 0. The van der Waals surface area contributed by atoms with Gasteiger partial charge in [-0.25, -0.2) is 12.8 Å². The molecule has 2 heterocycles. The molecule has 1 aromatic carbocycles. The normalized spacial score (nSPS) is 20.4. The number of amides is 1. The second-order valence-corrected chi connectivity index (χ2v) is 8.69. The first-order valence-corrected chi connectivity index (χ1v) is 10.3. The Balaban J connectivity index is 1.70. The van der Waals surface area contributed by atoms with Crippen LogP contribution in [0.25, 0.3) is 0 Å². The molecule has 1 amide bonds. The van der Waals surface area contributed by atoms with Gasteiger partial charge in [0.15, 0.2) is 0 Å². The molecule has 28 heavy (non-hydrogen) atoms. The first kappa shape index (κ1) is 21.0. The number of ether oxygens (including phenoxy) is 1. The number of sulfonamides is 1. The standard InChI is InChI=1S/C17H20F4N2O4S/c18-15-2-1-13(11-14(15)17(19,20)21)28(25,26)23-5-3-12(4-6-23)16(24)22-7-9-27-10-8-22/h1-2,11-12H,3-10H2. The molecular formula is C17H20F4N2O4S. The van der Waals surface area contributed by atoms with Gasteiger partial charge < -0.3 is 9.64 Å². The number of benzene rings is 1. The number of rotatable bonds is 3. The van der Waals surface area contributed by atoms with E-state index < -0.39 is 32.5 Å². The van der Waals surface area contributed by atoms with Crippen molar-refractivity contribution < 1.29 is 35.5 Å². The van der Waals surface area contributed by atoms with Gasteiger partial charge in [-0.1, -0.05) is 0 Å². The lowest BCUT2D eigenvalue weighted by Crippen LogP contribution is -2.47. The van der Waals surface area contributed by atoms with Crippen molar-refractivity contribution in [3.05, 3.63) is 29.6 Å². The van der Waals surface area contributed by atoms with Crippen molar-refractivity contribution in [1.29, 1.82) is 0 Å². The second-order valence-electron chi connectivity index (χ2n) is 6.76. The van der Waals surface area contributed by atoms with E-state index in [-0.39, 0.29) is 37.8 Å². The largest absolute Gasteiger partial charge is 0.419 e. The minimum Gasteiger partial charge on any atom is -0.378 e. The Morgan fingerprint density at radius 2 is 1.68 bits per heavy atom. The zero-order valence-corrected chi connectivity index (χ0v) is 15.7. The molecule has 2 aliphatic rings. The molecule has 0 aliphatic carbocycles. The molecule has 11 heteroatoms. The molecule has 156 valence electrons. The quantitative estimate of drug-likeness (QED) is 0.698. The van der Waals surface area contributed by atoms with Gasteiger partial charge in [-0.2, -0.15) is 17.5 Å². The first-order chi connectivity index (χ1) is 13.1. The van der Waals surface area contributed by atoms with Crippen LogP contribution in [-0.2, 0) is 25.7 Å². The van der Waals surface area contributed by atoms with Crippen molar-refractivity contribution in [3.63, 3.8) is 0 Å². The van der Waals surface area contributed by atoms with Gasteiger partial charge in [0, 0.05) is 32.1 Å².